The first kappa shape index (κ1) is 49.2. The number of halogens is 6. The Balaban J connectivity index is 0.000000439. The molecule has 0 aliphatic carbocycles. The van der Waals surface area contributed by atoms with Gasteiger partial charge in [0.25, 0.3) is 0 Å². The number of hydrogen-bond acceptors (Lipinski definition) is 3. The van der Waals surface area contributed by atoms with E-state index in [0.717, 1.165) is 62.1 Å². The molecule has 0 spiro atoms. The number of benzene rings is 4. The molecule has 1 radical (unpaired) electrons. The standard InChI is InChI=1S/C37H31F6N2.C13H24O2.Ir/c1-34(2,3)28-19-24(18-23-11-9-10-14-26(23)28)32-33-31(29(21-44-32)36(38,39)40)27-16-15-22(20-35(4,5)37(41,42)43)17-30(27)45(33)25-12-7-6-8-13-25;1-5-10(6-2)12(14)9-13(15)11(7-3)8-4;/h6-17,19,21H,20H2,1-5H3;9-11,14H,5-8H2,1-4H3;/q-1;;/b;12-9-;. The molecule has 0 bridgehead atoms. The van der Waals surface area contributed by atoms with Crippen molar-refractivity contribution < 1.29 is 56.3 Å². The van der Waals surface area contributed by atoms with E-state index in [-0.39, 0.29) is 71.6 Å². The van der Waals surface area contributed by atoms with Gasteiger partial charge in [-0.3, -0.25) is 9.78 Å². The van der Waals surface area contributed by atoms with Gasteiger partial charge in [-0.1, -0.05) is 122 Å². The molecule has 61 heavy (non-hydrogen) atoms. The van der Waals surface area contributed by atoms with Gasteiger partial charge in [0.15, 0.2) is 5.78 Å². The summed E-state index contributed by atoms with van der Waals surface area (Å²) in [4.78, 5) is 16.2. The average molecular weight is 1020 g/mol. The second-order valence-corrected chi connectivity index (χ2v) is 17.2. The van der Waals surface area contributed by atoms with Crippen LogP contribution in [0, 0.1) is 23.3 Å². The van der Waals surface area contributed by atoms with Crippen LogP contribution in [-0.4, -0.2) is 26.6 Å². The number of ketones is 1. The topological polar surface area (TPSA) is 55.1 Å². The fourth-order valence-electron chi connectivity index (χ4n) is 7.82. The van der Waals surface area contributed by atoms with Crippen molar-refractivity contribution in [2.45, 2.75) is 112 Å². The van der Waals surface area contributed by atoms with Crippen molar-refractivity contribution in [3.63, 3.8) is 0 Å². The van der Waals surface area contributed by atoms with Crippen LogP contribution in [0.15, 0.2) is 96.9 Å². The molecule has 2 heterocycles. The van der Waals surface area contributed by atoms with Gasteiger partial charge >= 0.3 is 12.4 Å². The summed E-state index contributed by atoms with van der Waals surface area (Å²) in [6.07, 6.45) is -3.78. The van der Waals surface area contributed by atoms with E-state index in [1.807, 2.05) is 58.0 Å². The number of nitrogens with zero attached hydrogens (tertiary/aromatic N) is 2. The summed E-state index contributed by atoms with van der Waals surface area (Å²) in [5.74, 6) is 0.547. The SMILES string of the molecule is CC(C)(C)c1cc(-c2ncc(C(F)(F)F)c3c4ccc(CC(C)(C)C(F)(F)F)cc4n(-c4ccccc4)c23)[c-]c2ccccc12.CCC(CC)C(=O)/C=C(\O)C(CC)CC.[Ir]. The molecule has 4 aromatic carbocycles. The van der Waals surface area contributed by atoms with E-state index in [9.17, 15) is 36.2 Å². The van der Waals surface area contributed by atoms with Crippen molar-refractivity contribution in [1.29, 1.82) is 0 Å². The molecule has 0 saturated heterocycles. The monoisotopic (exact) mass is 1020 g/mol. The van der Waals surface area contributed by atoms with Gasteiger partial charge in [0, 0.05) is 71.9 Å². The third-order valence-electron chi connectivity index (χ3n) is 11.5. The van der Waals surface area contributed by atoms with Crippen molar-refractivity contribution >= 4 is 38.4 Å². The van der Waals surface area contributed by atoms with Crippen molar-refractivity contribution in [2.75, 3.05) is 0 Å². The first-order chi connectivity index (χ1) is 28.1. The molecule has 0 saturated carbocycles. The smallest absolute Gasteiger partial charge is 0.418 e. The third-order valence-corrected chi connectivity index (χ3v) is 11.5. The molecule has 6 rings (SSSR count). The van der Waals surface area contributed by atoms with Crippen LogP contribution in [-0.2, 0) is 42.9 Å². The van der Waals surface area contributed by atoms with Crippen LogP contribution in [0.1, 0.15) is 105 Å². The summed E-state index contributed by atoms with van der Waals surface area (Å²) in [5, 5.41) is 11.8. The summed E-state index contributed by atoms with van der Waals surface area (Å²) < 4.78 is 87.3. The molecule has 0 atom stereocenters. The maximum atomic E-state index is 14.7. The van der Waals surface area contributed by atoms with E-state index in [0.29, 0.717) is 28.0 Å². The summed E-state index contributed by atoms with van der Waals surface area (Å²) >= 11 is 0. The number of aliphatic hydroxyl groups is 1. The van der Waals surface area contributed by atoms with Crippen molar-refractivity contribution in [1.82, 2.24) is 9.55 Å². The number of para-hydroxylation sites is 1. The number of carbonyl (C=O) groups is 1. The Kier molecular flexibility index (Phi) is 15.6. The molecule has 0 fully saturated rings. The van der Waals surface area contributed by atoms with Crippen LogP contribution in [0.25, 0.3) is 49.5 Å². The zero-order valence-corrected chi connectivity index (χ0v) is 38.6. The molecule has 0 amide bonds. The van der Waals surface area contributed by atoms with E-state index < -0.39 is 23.3 Å². The molecular formula is C50H55F6IrN2O2-. The third kappa shape index (κ3) is 10.6. The molecule has 2 aromatic heterocycles. The van der Waals surface area contributed by atoms with E-state index >= 15 is 0 Å². The normalized spacial score (nSPS) is 12.9. The molecule has 11 heteroatoms. The molecule has 4 nitrogen and oxygen atoms in total. The Bertz CT molecular complexity index is 2490. The van der Waals surface area contributed by atoms with Crippen LogP contribution in [0.3, 0.4) is 0 Å². The van der Waals surface area contributed by atoms with Crippen LogP contribution >= 0.6 is 0 Å². The van der Waals surface area contributed by atoms with E-state index in [2.05, 4.69) is 31.8 Å². The Morgan fingerprint density at radius 3 is 1.92 bits per heavy atom. The predicted molar refractivity (Wildman–Crippen MR) is 231 cm³/mol. The van der Waals surface area contributed by atoms with E-state index in [4.69, 9.17) is 0 Å². The van der Waals surface area contributed by atoms with Crippen LogP contribution < -0.4 is 0 Å². The first-order valence-electron chi connectivity index (χ1n) is 20.6. The Morgan fingerprint density at radius 2 is 1.36 bits per heavy atom. The molecule has 0 aliphatic heterocycles. The van der Waals surface area contributed by atoms with Gasteiger partial charge < -0.3 is 9.67 Å². The summed E-state index contributed by atoms with van der Waals surface area (Å²) in [7, 11) is 0. The number of allylic oxidation sites excluding steroid dienone is 2. The summed E-state index contributed by atoms with van der Waals surface area (Å²) in [6.45, 7) is 16.5. The Morgan fingerprint density at radius 1 is 0.770 bits per heavy atom. The largest absolute Gasteiger partial charge is 0.512 e. The molecule has 329 valence electrons. The zero-order valence-electron chi connectivity index (χ0n) is 36.2. The molecule has 0 unspecified atom stereocenters. The number of fused-ring (bicyclic) bond motifs is 4. The van der Waals surface area contributed by atoms with Gasteiger partial charge in [-0.2, -0.15) is 26.3 Å². The number of pyridine rings is 1. The van der Waals surface area contributed by atoms with Gasteiger partial charge in [-0.15, -0.1) is 29.1 Å². The number of carbonyl (C=O) groups excluding carboxylic acids is 1. The number of alkyl halides is 6. The molecule has 6 aromatic rings. The molecular weight excluding hydrogens is 967 g/mol. The number of rotatable bonds is 11. The van der Waals surface area contributed by atoms with Gasteiger partial charge in [-0.05, 0) is 61.3 Å². The molecule has 1 N–H and O–H groups in total. The zero-order chi connectivity index (χ0) is 44.4. The van der Waals surface area contributed by atoms with Crippen molar-refractivity contribution in [3.8, 4) is 16.9 Å². The maximum Gasteiger partial charge on any atom is 0.418 e. The van der Waals surface area contributed by atoms with Gasteiger partial charge in [0.05, 0.1) is 22.3 Å². The Labute approximate surface area is 368 Å². The summed E-state index contributed by atoms with van der Waals surface area (Å²) in [6, 6.07) is 26.5. The maximum absolute atomic E-state index is 14.7. The first-order valence-corrected chi connectivity index (χ1v) is 20.6. The minimum Gasteiger partial charge on any atom is -0.512 e. The minimum absolute atomic E-state index is 0. The van der Waals surface area contributed by atoms with Crippen LogP contribution in [0.2, 0.25) is 0 Å². The molecule has 0 aliphatic rings. The van der Waals surface area contributed by atoms with E-state index in [1.54, 1.807) is 41.0 Å². The number of aliphatic hydroxyl groups excluding tert-OH is 1. The van der Waals surface area contributed by atoms with Gasteiger partial charge in [0.2, 0.25) is 0 Å². The van der Waals surface area contributed by atoms with Crippen LogP contribution in [0.5, 0.6) is 0 Å². The predicted octanol–water partition coefficient (Wildman–Crippen LogP) is 15.1. The van der Waals surface area contributed by atoms with Crippen molar-refractivity contribution in [3.05, 3.63) is 120 Å². The Hall–Kier alpha value is -4.47. The minimum atomic E-state index is -4.74. The summed E-state index contributed by atoms with van der Waals surface area (Å²) in [5.41, 5.74) is 0.0411. The number of aromatic nitrogens is 2. The van der Waals surface area contributed by atoms with Crippen LogP contribution in [0.4, 0.5) is 26.3 Å². The van der Waals surface area contributed by atoms with Crippen molar-refractivity contribution in [2.24, 2.45) is 17.3 Å². The van der Waals surface area contributed by atoms with Gasteiger partial charge in [0.1, 0.15) is 0 Å². The second-order valence-electron chi connectivity index (χ2n) is 17.2. The fourth-order valence-corrected chi connectivity index (χ4v) is 7.82. The second kappa shape index (κ2) is 19.3. The number of hydrogen-bond donors (Lipinski definition) is 1. The fraction of sp³-hybridized carbons (Fsp3) is 0.400. The van der Waals surface area contributed by atoms with E-state index in [1.165, 1.54) is 18.2 Å². The quantitative estimate of drug-likeness (QED) is 0.0609. The average Bonchev–Trinajstić information content (AvgIpc) is 3.51. The van der Waals surface area contributed by atoms with Gasteiger partial charge in [-0.25, -0.2) is 0 Å².